The summed E-state index contributed by atoms with van der Waals surface area (Å²) in [4.78, 5) is 38.2. The molecule has 32 heavy (non-hydrogen) atoms. The van der Waals surface area contributed by atoms with Crippen LogP contribution in [0.4, 0.5) is 4.79 Å². The van der Waals surface area contributed by atoms with Crippen LogP contribution in [0.15, 0.2) is 53.4 Å². The summed E-state index contributed by atoms with van der Waals surface area (Å²) in [6.45, 7) is 4.03. The SMILES string of the molecule is CCOC(=O)CN1C(=O)S/C(=C/c2c(C)n(Cc3ccccc3Cl)c3ccccc23)C1=O. The molecule has 1 saturated heterocycles. The number of nitrogens with zero attached hydrogens (tertiary/aromatic N) is 2. The number of fused-ring (bicyclic) bond motifs is 1. The van der Waals surface area contributed by atoms with Crippen LogP contribution >= 0.6 is 23.4 Å². The maximum atomic E-state index is 12.8. The Balaban J connectivity index is 1.73. The van der Waals surface area contributed by atoms with Crippen LogP contribution in [0.2, 0.25) is 5.02 Å². The molecule has 164 valence electrons. The lowest BCUT2D eigenvalue weighted by Crippen LogP contribution is -2.34. The molecule has 3 aromatic rings. The number of thioether (sulfide) groups is 1. The van der Waals surface area contributed by atoms with Gasteiger partial charge in [0.15, 0.2) is 0 Å². The lowest BCUT2D eigenvalue weighted by molar-refractivity contribution is -0.145. The van der Waals surface area contributed by atoms with Crippen LogP contribution in [0, 0.1) is 6.92 Å². The lowest BCUT2D eigenvalue weighted by atomic mass is 10.1. The number of para-hydroxylation sites is 1. The number of halogens is 1. The molecule has 0 N–H and O–H groups in total. The van der Waals surface area contributed by atoms with E-state index in [0.29, 0.717) is 11.6 Å². The van der Waals surface area contributed by atoms with Crippen molar-refractivity contribution in [3.05, 3.63) is 75.3 Å². The molecule has 0 unspecified atom stereocenters. The maximum Gasteiger partial charge on any atom is 0.326 e. The molecule has 1 aromatic heterocycles. The van der Waals surface area contributed by atoms with E-state index in [0.717, 1.165) is 44.4 Å². The molecule has 0 spiro atoms. The molecule has 6 nitrogen and oxygen atoms in total. The fourth-order valence-corrected chi connectivity index (χ4v) is 4.76. The smallest absolute Gasteiger partial charge is 0.326 e. The second-order valence-corrected chi connectivity index (χ2v) is 8.67. The molecule has 4 rings (SSSR count). The summed E-state index contributed by atoms with van der Waals surface area (Å²) in [6.07, 6.45) is 1.73. The first kappa shape index (κ1) is 22.2. The van der Waals surface area contributed by atoms with Gasteiger partial charge in [-0.05, 0) is 49.4 Å². The number of imide groups is 1. The van der Waals surface area contributed by atoms with Crippen LogP contribution < -0.4 is 0 Å². The van der Waals surface area contributed by atoms with Gasteiger partial charge in [0.25, 0.3) is 11.1 Å². The molecular weight excluding hydrogens is 448 g/mol. The standard InChI is InChI=1S/C24H21ClN2O4S/c1-3-31-22(28)14-27-23(29)21(32-24(27)30)12-18-15(2)26(20-11-7-5-9-17(18)20)13-16-8-4-6-10-19(16)25/h4-12H,3,13-14H2,1-2H3/b21-12+. The third kappa shape index (κ3) is 4.18. The van der Waals surface area contributed by atoms with Crippen molar-refractivity contribution in [3.8, 4) is 0 Å². The molecule has 0 bridgehead atoms. The molecule has 2 amide bonds. The average molecular weight is 469 g/mol. The molecule has 0 atom stereocenters. The fourth-order valence-electron chi connectivity index (χ4n) is 3.74. The molecule has 0 aliphatic carbocycles. The van der Waals surface area contributed by atoms with Gasteiger partial charge in [-0.15, -0.1) is 0 Å². The highest BCUT2D eigenvalue weighted by molar-refractivity contribution is 8.18. The van der Waals surface area contributed by atoms with Gasteiger partial charge in [0, 0.05) is 33.7 Å². The summed E-state index contributed by atoms with van der Waals surface area (Å²) < 4.78 is 7.02. The Bertz CT molecular complexity index is 1260. The van der Waals surface area contributed by atoms with Crippen LogP contribution in [0.5, 0.6) is 0 Å². The topological polar surface area (TPSA) is 68.6 Å². The van der Waals surface area contributed by atoms with E-state index in [2.05, 4.69) is 4.57 Å². The Kier molecular flexibility index (Phi) is 6.39. The van der Waals surface area contributed by atoms with Gasteiger partial charge in [-0.3, -0.25) is 19.3 Å². The number of amides is 2. The first-order chi connectivity index (χ1) is 15.4. The summed E-state index contributed by atoms with van der Waals surface area (Å²) >= 11 is 7.21. The largest absolute Gasteiger partial charge is 0.465 e. The number of hydrogen-bond donors (Lipinski definition) is 0. The molecule has 0 radical (unpaired) electrons. The number of aromatic nitrogens is 1. The van der Waals surface area contributed by atoms with Gasteiger partial charge in [0.1, 0.15) is 6.54 Å². The molecule has 2 heterocycles. The van der Waals surface area contributed by atoms with E-state index in [1.54, 1.807) is 13.0 Å². The molecule has 1 fully saturated rings. The highest BCUT2D eigenvalue weighted by atomic mass is 35.5. The Morgan fingerprint density at radius 3 is 2.59 bits per heavy atom. The molecule has 8 heteroatoms. The minimum Gasteiger partial charge on any atom is -0.465 e. The number of benzene rings is 2. The van der Waals surface area contributed by atoms with Crippen molar-refractivity contribution in [2.24, 2.45) is 0 Å². The van der Waals surface area contributed by atoms with Crippen LogP contribution in [0.25, 0.3) is 17.0 Å². The summed E-state index contributed by atoms with van der Waals surface area (Å²) in [7, 11) is 0. The number of hydrogen-bond acceptors (Lipinski definition) is 5. The van der Waals surface area contributed by atoms with Crippen molar-refractivity contribution in [3.63, 3.8) is 0 Å². The summed E-state index contributed by atoms with van der Waals surface area (Å²) in [5.74, 6) is -1.10. The third-order valence-electron chi connectivity index (χ3n) is 5.31. The van der Waals surface area contributed by atoms with Crippen LogP contribution in [0.1, 0.15) is 23.7 Å². The van der Waals surface area contributed by atoms with Gasteiger partial charge < -0.3 is 9.30 Å². The minimum atomic E-state index is -0.608. The summed E-state index contributed by atoms with van der Waals surface area (Å²) in [6, 6.07) is 15.6. The number of esters is 1. The number of carbonyl (C=O) groups is 3. The van der Waals surface area contributed by atoms with Crippen molar-refractivity contribution in [1.29, 1.82) is 0 Å². The first-order valence-corrected chi connectivity index (χ1v) is 11.3. The fraction of sp³-hybridized carbons (Fsp3) is 0.208. The third-order valence-corrected chi connectivity index (χ3v) is 6.58. The van der Waals surface area contributed by atoms with E-state index >= 15 is 0 Å². The van der Waals surface area contributed by atoms with Crippen molar-refractivity contribution < 1.29 is 19.1 Å². The van der Waals surface area contributed by atoms with E-state index in [-0.39, 0.29) is 18.1 Å². The second kappa shape index (κ2) is 9.22. The predicted molar refractivity (Wildman–Crippen MR) is 127 cm³/mol. The van der Waals surface area contributed by atoms with E-state index in [9.17, 15) is 14.4 Å². The monoisotopic (exact) mass is 468 g/mol. The van der Waals surface area contributed by atoms with Gasteiger partial charge in [-0.2, -0.15) is 0 Å². The first-order valence-electron chi connectivity index (χ1n) is 10.1. The van der Waals surface area contributed by atoms with Gasteiger partial charge in [0.05, 0.1) is 11.5 Å². The van der Waals surface area contributed by atoms with Crippen LogP contribution in [0.3, 0.4) is 0 Å². The number of carbonyl (C=O) groups excluding carboxylic acids is 3. The van der Waals surface area contributed by atoms with E-state index in [1.807, 2.05) is 55.5 Å². The molecule has 1 aliphatic rings. The highest BCUT2D eigenvalue weighted by Gasteiger charge is 2.37. The van der Waals surface area contributed by atoms with Gasteiger partial charge in [-0.1, -0.05) is 48.0 Å². The zero-order valence-corrected chi connectivity index (χ0v) is 19.2. The normalized spacial score (nSPS) is 15.2. The summed E-state index contributed by atoms with van der Waals surface area (Å²) in [5, 5.41) is 1.17. The molecular formula is C24H21ClN2O4S. The van der Waals surface area contributed by atoms with Crippen molar-refractivity contribution in [2.45, 2.75) is 20.4 Å². The van der Waals surface area contributed by atoms with E-state index in [4.69, 9.17) is 16.3 Å². The van der Waals surface area contributed by atoms with Crippen LogP contribution in [-0.2, 0) is 20.9 Å². The Hall–Kier alpha value is -3.03. The van der Waals surface area contributed by atoms with Crippen molar-refractivity contribution >= 4 is 57.5 Å². The van der Waals surface area contributed by atoms with Gasteiger partial charge >= 0.3 is 5.97 Å². The Labute approximate surface area is 194 Å². The van der Waals surface area contributed by atoms with Crippen molar-refractivity contribution in [2.75, 3.05) is 13.2 Å². The second-order valence-electron chi connectivity index (χ2n) is 7.27. The van der Waals surface area contributed by atoms with Crippen molar-refractivity contribution in [1.82, 2.24) is 9.47 Å². The Morgan fingerprint density at radius 2 is 1.84 bits per heavy atom. The van der Waals surface area contributed by atoms with Gasteiger partial charge in [-0.25, -0.2) is 0 Å². The van der Waals surface area contributed by atoms with Crippen LogP contribution in [-0.4, -0.2) is 39.7 Å². The number of rotatable bonds is 6. The minimum absolute atomic E-state index is 0.190. The maximum absolute atomic E-state index is 12.8. The zero-order chi connectivity index (χ0) is 22.8. The van der Waals surface area contributed by atoms with E-state index < -0.39 is 17.1 Å². The lowest BCUT2D eigenvalue weighted by Gasteiger charge is -2.11. The predicted octanol–water partition coefficient (Wildman–Crippen LogP) is 5.25. The molecule has 2 aromatic carbocycles. The van der Waals surface area contributed by atoms with Gasteiger partial charge in [0.2, 0.25) is 0 Å². The number of ether oxygens (including phenoxy) is 1. The van der Waals surface area contributed by atoms with E-state index in [1.165, 1.54) is 0 Å². The molecule has 0 saturated carbocycles. The highest BCUT2D eigenvalue weighted by Crippen LogP contribution is 2.36. The quantitative estimate of drug-likeness (QED) is 0.365. The zero-order valence-electron chi connectivity index (χ0n) is 17.6. The molecule has 1 aliphatic heterocycles. The Morgan fingerprint density at radius 1 is 1.12 bits per heavy atom. The average Bonchev–Trinajstić information content (AvgIpc) is 3.19. The summed E-state index contributed by atoms with van der Waals surface area (Å²) in [5.41, 5.74) is 3.79.